The maximum absolute atomic E-state index is 12.5. The van der Waals surface area contributed by atoms with E-state index >= 15 is 0 Å². The number of hydrogen-bond acceptors (Lipinski definition) is 4. The Labute approximate surface area is 172 Å². The van der Waals surface area contributed by atoms with Gasteiger partial charge in [-0.05, 0) is 36.8 Å². The van der Waals surface area contributed by atoms with Crippen LogP contribution in [0.1, 0.15) is 42.7 Å². The van der Waals surface area contributed by atoms with Crippen molar-refractivity contribution in [2.45, 2.75) is 31.7 Å². The zero-order valence-electron chi connectivity index (χ0n) is 16.9. The Morgan fingerprint density at radius 3 is 2.10 bits per heavy atom. The summed E-state index contributed by atoms with van der Waals surface area (Å²) in [6.45, 7) is 5.98. The van der Waals surface area contributed by atoms with Crippen LogP contribution in [0.3, 0.4) is 0 Å². The largest absolute Gasteiger partial charge is 0.348 e. The minimum absolute atomic E-state index is 0.132. The van der Waals surface area contributed by atoms with Crippen LogP contribution in [-0.2, 0) is 14.8 Å². The smallest absolute Gasteiger partial charge is 0.251 e. The Morgan fingerprint density at radius 2 is 1.55 bits per heavy atom. The molecular weight excluding hydrogens is 390 g/mol. The zero-order valence-corrected chi connectivity index (χ0v) is 17.7. The van der Waals surface area contributed by atoms with E-state index in [0.717, 1.165) is 5.56 Å². The standard InChI is InChI=1S/C21H27N3O4S/c1-4-24(5-2)29(27,28)19-13-11-18(12-14-19)21(26)22-15-20(25)23-16(3)17-9-7-6-8-10-17/h6-14,16H,4-5,15H2,1-3H3,(H,22,26)(H,23,25). The fourth-order valence-electron chi connectivity index (χ4n) is 2.87. The Bertz CT molecular complexity index is 924. The van der Waals surface area contributed by atoms with Crippen LogP contribution in [-0.4, -0.2) is 44.2 Å². The summed E-state index contributed by atoms with van der Waals surface area (Å²) >= 11 is 0. The van der Waals surface area contributed by atoms with E-state index < -0.39 is 15.9 Å². The molecule has 2 aromatic rings. The van der Waals surface area contributed by atoms with E-state index in [1.54, 1.807) is 13.8 Å². The molecule has 0 heterocycles. The van der Waals surface area contributed by atoms with Crippen LogP contribution in [0.5, 0.6) is 0 Å². The van der Waals surface area contributed by atoms with Gasteiger partial charge in [0.05, 0.1) is 17.5 Å². The van der Waals surface area contributed by atoms with Crippen molar-refractivity contribution in [2.75, 3.05) is 19.6 Å². The second-order valence-corrected chi connectivity index (χ2v) is 8.43. The Kier molecular flexibility index (Phi) is 7.92. The van der Waals surface area contributed by atoms with E-state index in [-0.39, 0.29) is 29.0 Å². The molecule has 2 N–H and O–H groups in total. The molecule has 2 amide bonds. The first-order valence-electron chi connectivity index (χ1n) is 9.52. The van der Waals surface area contributed by atoms with Crippen LogP contribution in [0.25, 0.3) is 0 Å². The van der Waals surface area contributed by atoms with Crippen LogP contribution >= 0.6 is 0 Å². The summed E-state index contributed by atoms with van der Waals surface area (Å²) in [7, 11) is -3.57. The molecule has 0 aliphatic rings. The van der Waals surface area contributed by atoms with E-state index in [1.807, 2.05) is 37.3 Å². The van der Waals surface area contributed by atoms with E-state index in [4.69, 9.17) is 0 Å². The Hall–Kier alpha value is -2.71. The summed E-state index contributed by atoms with van der Waals surface area (Å²) in [5.74, 6) is -0.755. The number of hydrogen-bond donors (Lipinski definition) is 2. The van der Waals surface area contributed by atoms with Crippen molar-refractivity contribution >= 4 is 21.8 Å². The summed E-state index contributed by atoms with van der Waals surface area (Å²) in [5, 5.41) is 5.37. The molecule has 0 aliphatic carbocycles. The maximum atomic E-state index is 12.5. The van der Waals surface area contributed by atoms with E-state index in [2.05, 4.69) is 10.6 Å². The third kappa shape index (κ3) is 5.88. The molecule has 0 spiro atoms. The van der Waals surface area contributed by atoms with Gasteiger partial charge in [-0.25, -0.2) is 8.42 Å². The first-order valence-corrected chi connectivity index (χ1v) is 11.0. The molecule has 1 atom stereocenters. The Balaban J connectivity index is 1.93. The highest BCUT2D eigenvalue weighted by Gasteiger charge is 2.21. The fraction of sp³-hybridized carbons (Fsp3) is 0.333. The van der Waals surface area contributed by atoms with Gasteiger partial charge in [0, 0.05) is 18.7 Å². The minimum Gasteiger partial charge on any atom is -0.348 e. The van der Waals surface area contributed by atoms with E-state index in [1.165, 1.54) is 28.6 Å². The number of amides is 2. The quantitative estimate of drug-likeness (QED) is 0.655. The molecule has 0 bridgehead atoms. The molecule has 0 fully saturated rings. The SMILES string of the molecule is CCN(CC)S(=O)(=O)c1ccc(C(=O)NCC(=O)NC(C)c2ccccc2)cc1. The first kappa shape index (κ1) is 22.6. The molecular formula is C21H27N3O4S. The van der Waals surface area contributed by atoms with Crippen LogP contribution in [0.15, 0.2) is 59.5 Å². The molecule has 0 aromatic heterocycles. The van der Waals surface area contributed by atoms with Crippen LogP contribution in [0.2, 0.25) is 0 Å². The lowest BCUT2D eigenvalue weighted by Crippen LogP contribution is -2.38. The highest BCUT2D eigenvalue weighted by atomic mass is 32.2. The summed E-state index contributed by atoms with van der Waals surface area (Å²) in [6, 6.07) is 15.0. The second kappa shape index (κ2) is 10.2. The van der Waals surface area contributed by atoms with Gasteiger partial charge in [-0.1, -0.05) is 44.2 Å². The molecule has 0 radical (unpaired) electrons. The average Bonchev–Trinajstić information content (AvgIpc) is 2.73. The molecule has 2 aromatic carbocycles. The fourth-order valence-corrected chi connectivity index (χ4v) is 4.33. The predicted octanol–water partition coefficient (Wildman–Crippen LogP) is 2.32. The molecule has 29 heavy (non-hydrogen) atoms. The van der Waals surface area contributed by atoms with Crippen molar-refractivity contribution in [1.29, 1.82) is 0 Å². The van der Waals surface area contributed by atoms with Gasteiger partial charge in [0.25, 0.3) is 5.91 Å². The number of rotatable bonds is 9. The number of carbonyl (C=O) groups excluding carboxylic acids is 2. The highest BCUT2D eigenvalue weighted by molar-refractivity contribution is 7.89. The predicted molar refractivity (Wildman–Crippen MR) is 112 cm³/mol. The molecule has 0 aliphatic heterocycles. The zero-order chi connectivity index (χ0) is 21.4. The normalized spacial score (nSPS) is 12.4. The highest BCUT2D eigenvalue weighted by Crippen LogP contribution is 2.16. The summed E-state index contributed by atoms with van der Waals surface area (Å²) in [4.78, 5) is 24.5. The van der Waals surface area contributed by atoms with Gasteiger partial charge in [-0.2, -0.15) is 4.31 Å². The van der Waals surface area contributed by atoms with Crippen LogP contribution in [0, 0.1) is 0 Å². The summed E-state index contributed by atoms with van der Waals surface area (Å²) < 4.78 is 26.3. The van der Waals surface area contributed by atoms with Gasteiger partial charge >= 0.3 is 0 Å². The van der Waals surface area contributed by atoms with Crippen molar-refractivity contribution in [3.05, 3.63) is 65.7 Å². The molecule has 1 unspecified atom stereocenters. The summed E-state index contributed by atoms with van der Waals surface area (Å²) in [5.41, 5.74) is 1.25. The molecule has 0 saturated carbocycles. The lowest BCUT2D eigenvalue weighted by Gasteiger charge is -2.18. The maximum Gasteiger partial charge on any atom is 0.251 e. The van der Waals surface area contributed by atoms with Crippen molar-refractivity contribution in [3.63, 3.8) is 0 Å². The number of nitrogens with one attached hydrogen (secondary N) is 2. The lowest BCUT2D eigenvalue weighted by molar-refractivity contribution is -0.120. The number of sulfonamides is 1. The number of nitrogens with zero attached hydrogens (tertiary/aromatic N) is 1. The molecule has 8 heteroatoms. The van der Waals surface area contributed by atoms with E-state index in [0.29, 0.717) is 13.1 Å². The second-order valence-electron chi connectivity index (χ2n) is 6.50. The topological polar surface area (TPSA) is 95.6 Å². The lowest BCUT2D eigenvalue weighted by atomic mass is 10.1. The van der Waals surface area contributed by atoms with Gasteiger partial charge < -0.3 is 10.6 Å². The molecule has 7 nitrogen and oxygen atoms in total. The third-order valence-electron chi connectivity index (χ3n) is 4.55. The average molecular weight is 418 g/mol. The third-order valence-corrected chi connectivity index (χ3v) is 6.61. The van der Waals surface area contributed by atoms with Crippen LogP contribution < -0.4 is 10.6 Å². The van der Waals surface area contributed by atoms with Crippen molar-refractivity contribution in [3.8, 4) is 0 Å². The van der Waals surface area contributed by atoms with Gasteiger partial charge in [0.1, 0.15) is 0 Å². The first-order chi connectivity index (χ1) is 13.8. The minimum atomic E-state index is -3.57. The van der Waals surface area contributed by atoms with Gasteiger partial charge in [0.15, 0.2) is 0 Å². The number of benzene rings is 2. The number of carbonyl (C=O) groups is 2. The van der Waals surface area contributed by atoms with E-state index in [9.17, 15) is 18.0 Å². The van der Waals surface area contributed by atoms with Crippen LogP contribution in [0.4, 0.5) is 0 Å². The molecule has 0 saturated heterocycles. The summed E-state index contributed by atoms with van der Waals surface area (Å²) in [6.07, 6.45) is 0. The Morgan fingerprint density at radius 1 is 0.966 bits per heavy atom. The monoisotopic (exact) mass is 417 g/mol. The van der Waals surface area contributed by atoms with Crippen molar-refractivity contribution in [1.82, 2.24) is 14.9 Å². The molecule has 2 rings (SSSR count). The molecule has 156 valence electrons. The van der Waals surface area contributed by atoms with Crippen molar-refractivity contribution < 1.29 is 18.0 Å². The van der Waals surface area contributed by atoms with Gasteiger partial charge in [0.2, 0.25) is 15.9 Å². The van der Waals surface area contributed by atoms with Crippen molar-refractivity contribution in [2.24, 2.45) is 0 Å². The van der Waals surface area contributed by atoms with Gasteiger partial charge in [-0.3, -0.25) is 9.59 Å². The van der Waals surface area contributed by atoms with Gasteiger partial charge in [-0.15, -0.1) is 0 Å².